The monoisotopic (exact) mass is 418 g/mol. The quantitative estimate of drug-likeness (QED) is 0.370. The largest absolute Gasteiger partial charge is 0.298 e. The summed E-state index contributed by atoms with van der Waals surface area (Å²) < 4.78 is 2.08. The molecule has 3 aromatic heterocycles. The highest BCUT2D eigenvalue weighted by Gasteiger charge is 2.40. The zero-order valence-corrected chi connectivity index (χ0v) is 17.4. The van der Waals surface area contributed by atoms with Gasteiger partial charge in [-0.15, -0.1) is 11.3 Å². The second kappa shape index (κ2) is 7.34. The van der Waals surface area contributed by atoms with Gasteiger partial charge in [-0.2, -0.15) is 0 Å². The van der Waals surface area contributed by atoms with Gasteiger partial charge in [0.05, 0.1) is 11.9 Å². The summed E-state index contributed by atoms with van der Waals surface area (Å²) >= 11 is 1.76. The predicted octanol–water partition coefficient (Wildman–Crippen LogP) is 4.75. The van der Waals surface area contributed by atoms with Crippen LogP contribution in [0.3, 0.4) is 0 Å². The predicted molar refractivity (Wildman–Crippen MR) is 116 cm³/mol. The van der Waals surface area contributed by atoms with Crippen molar-refractivity contribution in [1.29, 1.82) is 0 Å². The van der Waals surface area contributed by atoms with E-state index in [1.807, 2.05) is 42.7 Å². The van der Waals surface area contributed by atoms with Gasteiger partial charge in [0.1, 0.15) is 16.3 Å². The van der Waals surface area contributed by atoms with E-state index in [9.17, 15) is 4.79 Å². The van der Waals surface area contributed by atoms with Crippen molar-refractivity contribution in [2.45, 2.75) is 38.0 Å². The highest BCUT2D eigenvalue weighted by atomic mass is 32.1. The van der Waals surface area contributed by atoms with E-state index in [4.69, 9.17) is 10.2 Å². The van der Waals surface area contributed by atoms with Gasteiger partial charge in [-0.3, -0.25) is 14.4 Å². The van der Waals surface area contributed by atoms with Crippen LogP contribution in [0, 0.1) is 6.92 Å². The van der Waals surface area contributed by atoms with Crippen LogP contribution in [-0.2, 0) is 5.41 Å². The van der Waals surface area contributed by atoms with E-state index in [-0.39, 0.29) is 5.41 Å². The first kappa shape index (κ1) is 19.0. The molecular weight excluding hydrogens is 396 g/mol. The van der Waals surface area contributed by atoms with Gasteiger partial charge in [0.2, 0.25) is 0 Å². The molecule has 5 rings (SSSR count). The maximum absolute atomic E-state index is 11.7. The lowest BCUT2D eigenvalue weighted by Gasteiger charge is -2.27. The van der Waals surface area contributed by atoms with Crippen molar-refractivity contribution in [2.75, 3.05) is 0 Å². The lowest BCUT2D eigenvalue weighted by Crippen LogP contribution is -2.24. The summed E-state index contributed by atoms with van der Waals surface area (Å²) in [6.07, 6.45) is 8.30. The second-order valence-electron chi connectivity index (χ2n) is 7.80. The van der Waals surface area contributed by atoms with Gasteiger partial charge in [-0.1, -0.05) is 31.0 Å². The Morgan fingerprint density at radius 3 is 2.67 bits per heavy atom. The Bertz CT molecular complexity index is 1220. The minimum absolute atomic E-state index is 0.137. The van der Waals surface area contributed by atoms with Gasteiger partial charge in [-0.25, -0.2) is 15.4 Å². The topological polar surface area (TPSA) is 79.5 Å². The minimum atomic E-state index is -0.498. The van der Waals surface area contributed by atoms with Crippen molar-refractivity contribution >= 4 is 22.9 Å². The van der Waals surface area contributed by atoms with Crippen LogP contribution < -0.4 is 5.48 Å². The van der Waals surface area contributed by atoms with E-state index in [0.29, 0.717) is 5.56 Å². The fourth-order valence-corrected chi connectivity index (χ4v) is 5.75. The summed E-state index contributed by atoms with van der Waals surface area (Å²) in [5.74, 6) is -0.498. The molecule has 6 nitrogen and oxygen atoms in total. The van der Waals surface area contributed by atoms with Crippen LogP contribution >= 0.6 is 11.3 Å². The zero-order chi connectivity index (χ0) is 20.7. The van der Waals surface area contributed by atoms with E-state index < -0.39 is 5.91 Å². The van der Waals surface area contributed by atoms with Gasteiger partial charge in [0.15, 0.2) is 0 Å². The van der Waals surface area contributed by atoms with Crippen molar-refractivity contribution < 1.29 is 10.0 Å². The number of nitrogens with zero attached hydrogens (tertiary/aromatic N) is 3. The molecule has 2 N–H and O–H groups in total. The molecule has 4 aromatic rings. The van der Waals surface area contributed by atoms with Crippen molar-refractivity contribution in [2.24, 2.45) is 0 Å². The summed E-state index contributed by atoms with van der Waals surface area (Å²) in [5.41, 5.74) is 6.08. The van der Waals surface area contributed by atoms with Crippen LogP contribution in [0.1, 0.15) is 51.5 Å². The summed E-state index contributed by atoms with van der Waals surface area (Å²) in [6.45, 7) is 2.12. The van der Waals surface area contributed by atoms with Gasteiger partial charge >= 0.3 is 0 Å². The fourth-order valence-electron chi connectivity index (χ4n) is 4.56. The number of nitrogens with one attached hydrogen (secondary N) is 1. The Morgan fingerprint density at radius 1 is 1.17 bits per heavy atom. The third-order valence-corrected chi connectivity index (χ3v) is 7.30. The molecule has 1 saturated carbocycles. The molecule has 7 heteroatoms. The van der Waals surface area contributed by atoms with Crippen molar-refractivity contribution in [3.63, 3.8) is 0 Å². The van der Waals surface area contributed by atoms with Crippen molar-refractivity contribution in [1.82, 2.24) is 19.8 Å². The van der Waals surface area contributed by atoms with Crippen LogP contribution in [0.4, 0.5) is 0 Å². The highest BCUT2D eigenvalue weighted by molar-refractivity contribution is 7.12. The Balaban J connectivity index is 1.59. The third-order valence-electron chi connectivity index (χ3n) is 6.12. The summed E-state index contributed by atoms with van der Waals surface area (Å²) in [4.78, 5) is 22.5. The summed E-state index contributed by atoms with van der Waals surface area (Å²) in [7, 11) is 0. The second-order valence-corrected chi connectivity index (χ2v) is 9.01. The number of carbonyl (C=O) groups is 1. The molecule has 152 valence electrons. The molecule has 0 spiro atoms. The number of benzene rings is 1. The number of rotatable bonds is 4. The number of hydrogen-bond donors (Lipinski definition) is 2. The molecule has 1 aliphatic rings. The average Bonchev–Trinajstić information content (AvgIpc) is 3.52. The van der Waals surface area contributed by atoms with Gasteiger partial charge in [0.25, 0.3) is 5.91 Å². The smallest absolute Gasteiger partial charge is 0.274 e. The van der Waals surface area contributed by atoms with E-state index in [1.54, 1.807) is 28.9 Å². The van der Waals surface area contributed by atoms with Gasteiger partial charge in [-0.05, 0) is 49.6 Å². The standard InChI is InChI=1S/C23H22N4O2S/c1-15-20(18-14-24-19-6-2-5-13-27(18)19)25-22(30-15)23(11-3-4-12-23)17-9-7-16(8-10-17)21(28)26-29/h2,5-10,13-14,29H,3-4,11-12H2,1H3,(H,26,28). The van der Waals surface area contributed by atoms with Crippen molar-refractivity contribution in [3.8, 4) is 11.4 Å². The first-order chi connectivity index (χ1) is 14.6. The van der Waals surface area contributed by atoms with Crippen LogP contribution in [-0.4, -0.2) is 25.5 Å². The van der Waals surface area contributed by atoms with Gasteiger partial charge < -0.3 is 0 Å². The molecule has 0 unspecified atom stereocenters. The Morgan fingerprint density at radius 2 is 1.93 bits per heavy atom. The van der Waals surface area contributed by atoms with Gasteiger partial charge in [0, 0.05) is 22.1 Å². The lowest BCUT2D eigenvalue weighted by molar-refractivity contribution is 0.0706. The lowest BCUT2D eigenvalue weighted by atomic mass is 9.79. The highest BCUT2D eigenvalue weighted by Crippen LogP contribution is 2.49. The summed E-state index contributed by atoms with van der Waals surface area (Å²) in [5, 5.41) is 10.0. The molecule has 30 heavy (non-hydrogen) atoms. The molecule has 0 radical (unpaired) electrons. The minimum Gasteiger partial charge on any atom is -0.298 e. The number of aryl methyl sites for hydroxylation is 1. The number of aromatic nitrogens is 3. The third kappa shape index (κ3) is 2.93. The molecule has 3 heterocycles. The van der Waals surface area contributed by atoms with Crippen LogP contribution in [0.5, 0.6) is 0 Å². The molecule has 1 aromatic carbocycles. The van der Waals surface area contributed by atoms with Crippen LogP contribution in [0.25, 0.3) is 17.0 Å². The molecule has 0 aliphatic heterocycles. The maximum atomic E-state index is 11.7. The number of fused-ring (bicyclic) bond motifs is 1. The number of carbonyl (C=O) groups excluding carboxylic acids is 1. The average molecular weight is 419 g/mol. The Labute approximate surface area is 178 Å². The van der Waals surface area contributed by atoms with Crippen LogP contribution in [0.2, 0.25) is 0 Å². The zero-order valence-electron chi connectivity index (χ0n) is 16.6. The number of pyridine rings is 1. The summed E-state index contributed by atoms with van der Waals surface area (Å²) in [6, 6.07) is 13.5. The molecule has 0 atom stereocenters. The van der Waals surface area contributed by atoms with Crippen LogP contribution in [0.15, 0.2) is 54.9 Å². The molecule has 0 saturated heterocycles. The Hall–Kier alpha value is -3.03. The molecule has 1 aliphatic carbocycles. The molecule has 1 amide bonds. The van der Waals surface area contributed by atoms with E-state index in [0.717, 1.165) is 47.7 Å². The first-order valence-electron chi connectivity index (χ1n) is 10.1. The molecule has 0 bridgehead atoms. The Kier molecular flexibility index (Phi) is 4.64. The molecule has 1 fully saturated rings. The van der Waals surface area contributed by atoms with E-state index in [2.05, 4.69) is 16.3 Å². The van der Waals surface area contributed by atoms with E-state index >= 15 is 0 Å². The fraction of sp³-hybridized carbons (Fsp3) is 0.261. The SMILES string of the molecule is Cc1sc(C2(c3ccc(C(=O)NO)cc3)CCCC2)nc1-c1cnc2ccccn12. The number of thiazole rings is 1. The first-order valence-corrected chi connectivity index (χ1v) is 10.9. The van der Waals surface area contributed by atoms with E-state index in [1.165, 1.54) is 10.4 Å². The molecular formula is C23H22N4O2S. The maximum Gasteiger partial charge on any atom is 0.274 e. The number of hydroxylamine groups is 1. The number of amides is 1. The number of hydrogen-bond acceptors (Lipinski definition) is 5. The number of imidazole rings is 1. The normalized spacial score (nSPS) is 15.5. The van der Waals surface area contributed by atoms with Crippen molar-refractivity contribution in [3.05, 3.63) is 75.9 Å².